The molecule has 0 unspecified atom stereocenters. The molecule has 1 aromatic heterocycles. The molecule has 0 fully saturated rings. The third-order valence-corrected chi connectivity index (χ3v) is 6.21. The number of aryl methyl sites for hydroxylation is 1. The van der Waals surface area contributed by atoms with E-state index in [1.807, 2.05) is 25.1 Å². The van der Waals surface area contributed by atoms with E-state index in [4.69, 9.17) is 9.47 Å². The maximum absolute atomic E-state index is 12.6. The molecule has 0 saturated carbocycles. The van der Waals surface area contributed by atoms with Crippen molar-refractivity contribution in [2.24, 2.45) is 0 Å². The molecule has 0 bridgehead atoms. The summed E-state index contributed by atoms with van der Waals surface area (Å²) in [7, 11) is 1.63. The summed E-state index contributed by atoms with van der Waals surface area (Å²) in [6.45, 7) is 14.2. The van der Waals surface area contributed by atoms with Crippen LogP contribution >= 0.6 is 11.3 Å². The van der Waals surface area contributed by atoms with Gasteiger partial charge in [-0.05, 0) is 37.7 Å². The number of hydrogen-bond donors (Lipinski definition) is 1. The van der Waals surface area contributed by atoms with Gasteiger partial charge in [-0.25, -0.2) is 4.98 Å². The van der Waals surface area contributed by atoms with Gasteiger partial charge in [-0.3, -0.25) is 4.79 Å². The van der Waals surface area contributed by atoms with Crippen molar-refractivity contribution in [2.45, 2.75) is 47.1 Å². The van der Waals surface area contributed by atoms with Crippen LogP contribution in [0.2, 0.25) is 0 Å². The van der Waals surface area contributed by atoms with Crippen LogP contribution in [0.5, 0.6) is 11.5 Å². The topological polar surface area (TPSA) is 63.7 Å². The number of amides is 1. The smallest absolute Gasteiger partial charge is 0.263 e. The van der Waals surface area contributed by atoms with Crippen LogP contribution in [-0.4, -0.2) is 49.1 Å². The number of methoxy groups -OCH3 is 1. The number of rotatable bonds is 11. The Morgan fingerprint density at radius 1 is 1.24 bits per heavy atom. The molecule has 1 aromatic carbocycles. The minimum absolute atomic E-state index is 0.0922. The third-order valence-electron chi connectivity index (χ3n) is 4.75. The monoisotopic (exact) mass is 419 g/mol. The van der Waals surface area contributed by atoms with Gasteiger partial charge in [-0.2, -0.15) is 0 Å². The molecule has 0 aliphatic rings. The van der Waals surface area contributed by atoms with Crippen LogP contribution in [0.15, 0.2) is 18.2 Å². The summed E-state index contributed by atoms with van der Waals surface area (Å²) in [6.07, 6.45) is 0. The second kappa shape index (κ2) is 11.2. The van der Waals surface area contributed by atoms with Gasteiger partial charge in [0.2, 0.25) is 0 Å². The number of ether oxygens (including phenoxy) is 2. The predicted octanol–water partition coefficient (Wildman–Crippen LogP) is 4.23. The highest BCUT2D eigenvalue weighted by Gasteiger charge is 2.17. The Hall–Kier alpha value is -2.12. The zero-order valence-corrected chi connectivity index (χ0v) is 19.2. The molecule has 0 aliphatic carbocycles. The van der Waals surface area contributed by atoms with Gasteiger partial charge < -0.3 is 19.7 Å². The van der Waals surface area contributed by atoms with E-state index in [0.717, 1.165) is 41.6 Å². The number of nitrogens with zero attached hydrogens (tertiary/aromatic N) is 2. The molecule has 0 saturated heterocycles. The lowest BCUT2D eigenvalue weighted by atomic mass is 10.2. The van der Waals surface area contributed by atoms with Crippen molar-refractivity contribution >= 4 is 17.2 Å². The van der Waals surface area contributed by atoms with Gasteiger partial charge in [0.05, 0.1) is 17.8 Å². The van der Waals surface area contributed by atoms with E-state index in [1.165, 1.54) is 11.3 Å². The molecule has 1 N–H and O–H groups in total. The van der Waals surface area contributed by atoms with Crippen molar-refractivity contribution in [3.8, 4) is 11.5 Å². The third kappa shape index (κ3) is 6.44. The Kier molecular flexibility index (Phi) is 8.92. The molecule has 2 aromatic rings. The molecular formula is C22H33N3O3S. The first kappa shape index (κ1) is 23.2. The van der Waals surface area contributed by atoms with Crippen molar-refractivity contribution in [1.82, 2.24) is 15.2 Å². The lowest BCUT2D eigenvalue weighted by Gasteiger charge is -2.19. The van der Waals surface area contributed by atoms with Crippen molar-refractivity contribution in [2.75, 3.05) is 33.4 Å². The van der Waals surface area contributed by atoms with Crippen LogP contribution in [0, 0.1) is 6.92 Å². The number of likely N-dealkylation sites (N-methyl/N-ethyl adjacent to an activating group) is 1. The predicted molar refractivity (Wildman–Crippen MR) is 118 cm³/mol. The average Bonchev–Trinajstić information content (AvgIpc) is 3.12. The molecular weight excluding hydrogens is 386 g/mol. The highest BCUT2D eigenvalue weighted by Crippen LogP contribution is 2.28. The fraction of sp³-hybridized carbons (Fsp3) is 0.545. The van der Waals surface area contributed by atoms with E-state index in [-0.39, 0.29) is 5.91 Å². The number of carbonyl (C=O) groups is 1. The molecule has 2 rings (SSSR count). The van der Waals surface area contributed by atoms with E-state index in [2.05, 4.69) is 42.9 Å². The second-order valence-corrected chi connectivity index (χ2v) is 8.20. The van der Waals surface area contributed by atoms with Crippen molar-refractivity contribution in [3.05, 3.63) is 39.3 Å². The van der Waals surface area contributed by atoms with E-state index in [9.17, 15) is 4.79 Å². The number of thiazole rings is 1. The fourth-order valence-electron chi connectivity index (χ4n) is 2.90. The van der Waals surface area contributed by atoms with Crippen LogP contribution in [0.25, 0.3) is 0 Å². The number of hydrogen-bond acceptors (Lipinski definition) is 6. The molecule has 1 heterocycles. The Morgan fingerprint density at radius 3 is 2.55 bits per heavy atom. The van der Waals surface area contributed by atoms with Gasteiger partial charge in [0.25, 0.3) is 5.91 Å². The summed E-state index contributed by atoms with van der Waals surface area (Å²) in [5.74, 6) is 1.62. The molecule has 0 aliphatic heterocycles. The van der Waals surface area contributed by atoms with Crippen LogP contribution in [0.3, 0.4) is 0 Å². The lowest BCUT2D eigenvalue weighted by Crippen LogP contribution is -2.28. The standard InChI is InChI=1S/C22H33N3O3S/c1-7-25(8-2)11-12-28-18-10-9-17(13-19(18)27-6)14-23-21(26)20-16(5)24-22(29-20)15(3)4/h9-10,13,15H,7-8,11-12,14H2,1-6H3,(H,23,26). The quantitative estimate of drug-likeness (QED) is 0.590. The molecule has 1 amide bonds. The number of benzene rings is 1. The van der Waals surface area contributed by atoms with Crippen molar-refractivity contribution in [1.29, 1.82) is 0 Å². The molecule has 0 radical (unpaired) electrons. The summed E-state index contributed by atoms with van der Waals surface area (Å²) < 4.78 is 11.4. The normalized spacial score (nSPS) is 11.2. The van der Waals surface area contributed by atoms with Gasteiger partial charge in [-0.15, -0.1) is 11.3 Å². The molecule has 0 atom stereocenters. The van der Waals surface area contributed by atoms with E-state index < -0.39 is 0 Å². The van der Waals surface area contributed by atoms with Crippen molar-refractivity contribution < 1.29 is 14.3 Å². The summed E-state index contributed by atoms with van der Waals surface area (Å²) in [5.41, 5.74) is 1.74. The maximum Gasteiger partial charge on any atom is 0.263 e. The van der Waals surface area contributed by atoms with Crippen LogP contribution in [0.1, 0.15) is 59.5 Å². The SMILES string of the molecule is CCN(CC)CCOc1ccc(CNC(=O)c2sc(C(C)C)nc2C)cc1OC. The van der Waals surface area contributed by atoms with Gasteiger partial charge in [-0.1, -0.05) is 33.8 Å². The van der Waals surface area contributed by atoms with Crippen molar-refractivity contribution in [3.63, 3.8) is 0 Å². The highest BCUT2D eigenvalue weighted by atomic mass is 32.1. The highest BCUT2D eigenvalue weighted by molar-refractivity contribution is 7.13. The van der Waals surface area contributed by atoms with Gasteiger partial charge >= 0.3 is 0 Å². The van der Waals surface area contributed by atoms with Crippen LogP contribution < -0.4 is 14.8 Å². The Morgan fingerprint density at radius 2 is 1.97 bits per heavy atom. The molecule has 29 heavy (non-hydrogen) atoms. The van der Waals surface area contributed by atoms with Crippen LogP contribution in [-0.2, 0) is 6.54 Å². The Balaban J connectivity index is 1.96. The zero-order chi connectivity index (χ0) is 21.4. The number of nitrogens with one attached hydrogen (secondary N) is 1. The fourth-order valence-corrected chi connectivity index (χ4v) is 3.89. The average molecular weight is 420 g/mol. The van der Waals surface area contributed by atoms with E-state index in [1.54, 1.807) is 7.11 Å². The Bertz CT molecular complexity index is 801. The van der Waals surface area contributed by atoms with E-state index >= 15 is 0 Å². The van der Waals surface area contributed by atoms with E-state index in [0.29, 0.717) is 29.7 Å². The summed E-state index contributed by atoms with van der Waals surface area (Å²) in [4.78, 5) is 20.0. The molecule has 7 heteroatoms. The summed E-state index contributed by atoms with van der Waals surface area (Å²) >= 11 is 1.46. The number of carbonyl (C=O) groups excluding carboxylic acids is 1. The zero-order valence-electron chi connectivity index (χ0n) is 18.4. The van der Waals surface area contributed by atoms with Gasteiger partial charge in [0, 0.05) is 19.0 Å². The first-order valence-corrected chi connectivity index (χ1v) is 11.0. The lowest BCUT2D eigenvalue weighted by molar-refractivity contribution is 0.0954. The minimum Gasteiger partial charge on any atom is -0.493 e. The molecule has 6 nitrogen and oxygen atoms in total. The van der Waals surface area contributed by atoms with Gasteiger partial charge in [0.15, 0.2) is 11.5 Å². The summed E-state index contributed by atoms with van der Waals surface area (Å²) in [5, 5.41) is 3.97. The van der Waals surface area contributed by atoms with Gasteiger partial charge in [0.1, 0.15) is 11.5 Å². The summed E-state index contributed by atoms with van der Waals surface area (Å²) in [6, 6.07) is 5.76. The first-order valence-electron chi connectivity index (χ1n) is 10.2. The molecule has 0 spiro atoms. The molecule has 160 valence electrons. The largest absolute Gasteiger partial charge is 0.493 e. The van der Waals surface area contributed by atoms with Crippen LogP contribution in [0.4, 0.5) is 0 Å². The first-order chi connectivity index (χ1) is 13.9. The maximum atomic E-state index is 12.6. The number of aromatic nitrogens is 1. The Labute approximate surface area is 178 Å². The second-order valence-electron chi connectivity index (χ2n) is 7.16. The minimum atomic E-state index is -0.0922.